The predicted molar refractivity (Wildman–Crippen MR) is 61.0 cm³/mol. The lowest BCUT2D eigenvalue weighted by molar-refractivity contribution is 0.0685. The van der Waals surface area contributed by atoms with E-state index in [0.29, 0.717) is 5.56 Å². The first-order valence-electron chi connectivity index (χ1n) is 4.93. The largest absolute Gasteiger partial charge is 0.476 e. The number of aromatic carboxylic acids is 1. The topological polar surface area (TPSA) is 79.5 Å². The average Bonchev–Trinajstić information content (AvgIpc) is 2.78. The third kappa shape index (κ3) is 2.10. The number of carboxylic acids is 1. The van der Waals surface area contributed by atoms with Gasteiger partial charge in [0.25, 0.3) is 0 Å². The van der Waals surface area contributed by atoms with Crippen molar-refractivity contribution in [2.24, 2.45) is 0 Å². The molecule has 0 aliphatic carbocycles. The van der Waals surface area contributed by atoms with E-state index in [2.05, 4.69) is 14.9 Å². The van der Waals surface area contributed by atoms with Gasteiger partial charge in [-0.1, -0.05) is 12.1 Å². The first-order chi connectivity index (χ1) is 8.09. The molecule has 6 nitrogen and oxygen atoms in total. The molecule has 6 heteroatoms. The molecule has 1 aromatic carbocycles. The Bertz CT molecular complexity index is 531. The Kier molecular flexibility index (Phi) is 2.78. The maximum atomic E-state index is 10.9. The third-order valence-electron chi connectivity index (χ3n) is 2.35. The molecule has 1 heterocycles. The Labute approximate surface area is 97.4 Å². The van der Waals surface area contributed by atoms with E-state index in [4.69, 9.17) is 5.11 Å². The van der Waals surface area contributed by atoms with Gasteiger partial charge in [-0.05, 0) is 22.4 Å². The smallest absolute Gasteiger partial charge is 0.360 e. The normalized spacial score (nSPS) is 10.2. The molecule has 0 saturated carbocycles. The number of benzene rings is 1. The summed E-state index contributed by atoms with van der Waals surface area (Å²) >= 11 is 0. The summed E-state index contributed by atoms with van der Waals surface area (Å²) < 4.78 is 4.45. The van der Waals surface area contributed by atoms with E-state index in [-0.39, 0.29) is 11.4 Å². The number of hydrogen-bond acceptors (Lipinski definition) is 5. The molecular weight excluding hydrogens is 222 g/mol. The minimum atomic E-state index is -1.15. The number of nitrogens with zero attached hydrogens (tertiary/aromatic N) is 3. The second-order valence-corrected chi connectivity index (χ2v) is 3.71. The molecule has 0 atom stereocenters. The highest BCUT2D eigenvalue weighted by molar-refractivity contribution is 5.92. The Morgan fingerprint density at radius 2 is 1.88 bits per heavy atom. The van der Waals surface area contributed by atoms with E-state index in [1.54, 1.807) is 12.1 Å². The van der Waals surface area contributed by atoms with Crippen molar-refractivity contribution in [2.45, 2.75) is 0 Å². The average molecular weight is 233 g/mol. The highest BCUT2D eigenvalue weighted by Gasteiger charge is 2.18. The number of hydrogen-bond donors (Lipinski definition) is 1. The van der Waals surface area contributed by atoms with Gasteiger partial charge in [-0.3, -0.25) is 0 Å². The van der Waals surface area contributed by atoms with Crippen LogP contribution in [0.15, 0.2) is 28.9 Å². The molecule has 2 aromatic rings. The van der Waals surface area contributed by atoms with Gasteiger partial charge in [-0.25, -0.2) is 9.42 Å². The lowest BCUT2D eigenvalue weighted by atomic mass is 10.1. The maximum absolute atomic E-state index is 10.9. The van der Waals surface area contributed by atoms with Crippen LogP contribution in [0, 0.1) is 0 Å². The fourth-order valence-corrected chi connectivity index (χ4v) is 1.44. The summed E-state index contributed by atoms with van der Waals surface area (Å²) in [4.78, 5) is 12.8. The summed E-state index contributed by atoms with van der Waals surface area (Å²) in [5.41, 5.74) is 1.74. The standard InChI is InChI=1S/C11H11N3O3/c1-14(2)8-5-3-7(4-6-8)9-10(11(15)16)13-17-12-9/h3-6H,1-2H3,(H,15,16). The molecule has 0 unspecified atom stereocenters. The molecule has 0 aliphatic rings. The van der Waals surface area contributed by atoms with Gasteiger partial charge in [0.15, 0.2) is 0 Å². The van der Waals surface area contributed by atoms with Crippen LogP contribution >= 0.6 is 0 Å². The van der Waals surface area contributed by atoms with Crippen molar-refractivity contribution >= 4 is 11.7 Å². The van der Waals surface area contributed by atoms with E-state index in [9.17, 15) is 4.79 Å². The van der Waals surface area contributed by atoms with E-state index < -0.39 is 5.97 Å². The first-order valence-corrected chi connectivity index (χ1v) is 4.93. The molecule has 0 spiro atoms. The first kappa shape index (κ1) is 11.1. The van der Waals surface area contributed by atoms with E-state index in [1.165, 1.54) is 0 Å². The Hall–Kier alpha value is -2.37. The van der Waals surface area contributed by atoms with Crippen molar-refractivity contribution in [3.8, 4) is 11.3 Å². The monoisotopic (exact) mass is 233 g/mol. The van der Waals surface area contributed by atoms with E-state index in [1.807, 2.05) is 31.1 Å². The minimum absolute atomic E-state index is 0.178. The van der Waals surface area contributed by atoms with Crippen LogP contribution < -0.4 is 4.90 Å². The van der Waals surface area contributed by atoms with Crippen LogP contribution in [0.3, 0.4) is 0 Å². The second-order valence-electron chi connectivity index (χ2n) is 3.71. The Morgan fingerprint density at radius 1 is 1.24 bits per heavy atom. The van der Waals surface area contributed by atoms with Crippen molar-refractivity contribution in [2.75, 3.05) is 19.0 Å². The second kappa shape index (κ2) is 4.25. The molecular formula is C11H11N3O3. The fourth-order valence-electron chi connectivity index (χ4n) is 1.44. The summed E-state index contributed by atoms with van der Waals surface area (Å²) in [7, 11) is 3.85. The molecule has 0 fully saturated rings. The van der Waals surface area contributed by atoms with Crippen LogP contribution in [0.25, 0.3) is 11.3 Å². The molecule has 88 valence electrons. The Morgan fingerprint density at radius 3 is 2.41 bits per heavy atom. The number of rotatable bonds is 3. The van der Waals surface area contributed by atoms with Crippen LogP contribution in [-0.2, 0) is 0 Å². The molecule has 0 bridgehead atoms. The fraction of sp³-hybridized carbons (Fsp3) is 0.182. The lowest BCUT2D eigenvalue weighted by Crippen LogP contribution is -2.08. The maximum Gasteiger partial charge on any atom is 0.360 e. The van der Waals surface area contributed by atoms with E-state index in [0.717, 1.165) is 5.69 Å². The highest BCUT2D eigenvalue weighted by atomic mass is 16.6. The molecule has 17 heavy (non-hydrogen) atoms. The van der Waals surface area contributed by atoms with Crippen molar-refractivity contribution in [1.29, 1.82) is 0 Å². The van der Waals surface area contributed by atoms with Crippen molar-refractivity contribution in [3.63, 3.8) is 0 Å². The third-order valence-corrected chi connectivity index (χ3v) is 2.35. The van der Waals surface area contributed by atoms with Crippen LogP contribution in [0.1, 0.15) is 10.5 Å². The van der Waals surface area contributed by atoms with Gasteiger partial charge in [0, 0.05) is 25.3 Å². The van der Waals surface area contributed by atoms with Crippen molar-refractivity contribution in [3.05, 3.63) is 30.0 Å². The number of anilines is 1. The van der Waals surface area contributed by atoms with Crippen LogP contribution in [0.4, 0.5) is 5.69 Å². The summed E-state index contributed by atoms with van der Waals surface area (Å²) in [6.07, 6.45) is 0. The highest BCUT2D eigenvalue weighted by Crippen LogP contribution is 2.23. The van der Waals surface area contributed by atoms with Crippen LogP contribution in [0.5, 0.6) is 0 Å². The molecule has 1 aromatic heterocycles. The number of aromatic nitrogens is 2. The van der Waals surface area contributed by atoms with Gasteiger partial charge < -0.3 is 10.0 Å². The zero-order valence-electron chi connectivity index (χ0n) is 9.41. The van der Waals surface area contributed by atoms with Gasteiger partial charge >= 0.3 is 5.97 Å². The van der Waals surface area contributed by atoms with Gasteiger partial charge in [0.2, 0.25) is 5.69 Å². The molecule has 1 N–H and O–H groups in total. The lowest BCUT2D eigenvalue weighted by Gasteiger charge is -2.11. The SMILES string of the molecule is CN(C)c1ccc(-c2nonc2C(=O)O)cc1. The molecule has 0 radical (unpaired) electrons. The zero-order valence-corrected chi connectivity index (χ0v) is 9.41. The van der Waals surface area contributed by atoms with Gasteiger partial charge in [-0.15, -0.1) is 0 Å². The predicted octanol–water partition coefficient (Wildman–Crippen LogP) is 1.50. The molecule has 0 aliphatic heterocycles. The summed E-state index contributed by atoms with van der Waals surface area (Å²) in [5, 5.41) is 15.8. The summed E-state index contributed by atoms with van der Waals surface area (Å²) in [5.74, 6) is -1.15. The van der Waals surface area contributed by atoms with Crippen molar-refractivity contribution in [1.82, 2.24) is 10.3 Å². The molecule has 2 rings (SSSR count). The quantitative estimate of drug-likeness (QED) is 0.865. The number of carboxylic acid groups (broad SMARTS) is 1. The molecule has 0 amide bonds. The van der Waals surface area contributed by atoms with Gasteiger partial charge in [-0.2, -0.15) is 0 Å². The zero-order chi connectivity index (χ0) is 12.4. The summed E-state index contributed by atoms with van der Waals surface area (Å²) in [6.45, 7) is 0. The number of carbonyl (C=O) groups is 1. The minimum Gasteiger partial charge on any atom is -0.476 e. The molecule has 0 saturated heterocycles. The van der Waals surface area contributed by atoms with Gasteiger partial charge in [0.05, 0.1) is 0 Å². The van der Waals surface area contributed by atoms with Crippen molar-refractivity contribution < 1.29 is 14.5 Å². The Balaban J connectivity index is 2.40. The van der Waals surface area contributed by atoms with E-state index >= 15 is 0 Å². The van der Waals surface area contributed by atoms with Crippen LogP contribution in [0.2, 0.25) is 0 Å². The van der Waals surface area contributed by atoms with Crippen LogP contribution in [-0.4, -0.2) is 35.5 Å². The van der Waals surface area contributed by atoms with Gasteiger partial charge in [0.1, 0.15) is 5.69 Å². The summed E-state index contributed by atoms with van der Waals surface area (Å²) in [6, 6.07) is 7.30.